The van der Waals surface area contributed by atoms with E-state index in [1.807, 2.05) is 0 Å². The zero-order chi connectivity index (χ0) is 25.0. The second kappa shape index (κ2) is 21.8. The van der Waals surface area contributed by atoms with Gasteiger partial charge in [-0.15, -0.1) is 0 Å². The van der Waals surface area contributed by atoms with Crippen LogP contribution in [0.5, 0.6) is 0 Å². The van der Waals surface area contributed by atoms with Crippen molar-refractivity contribution in [3.8, 4) is 0 Å². The third-order valence-electron chi connectivity index (χ3n) is 6.13. The fraction of sp³-hybridized carbons (Fsp3) is 1.00. The number of hydrogen-bond donors (Lipinski definition) is 0. The predicted molar refractivity (Wildman–Crippen MR) is 139 cm³/mol. The fourth-order valence-electron chi connectivity index (χ4n) is 4.61. The molecule has 0 atom stereocenters. The summed E-state index contributed by atoms with van der Waals surface area (Å²) in [6, 6.07) is 0. The Hall–Kier alpha value is 0.554. The van der Waals surface area contributed by atoms with Gasteiger partial charge in [0.25, 0.3) is 0 Å². The molecule has 0 fully saturated rings. The van der Waals surface area contributed by atoms with E-state index in [1.54, 1.807) is 0 Å². The van der Waals surface area contributed by atoms with Gasteiger partial charge < -0.3 is 0 Å². The van der Waals surface area contributed by atoms with Gasteiger partial charge in [0.05, 0.1) is 0 Å². The summed E-state index contributed by atoms with van der Waals surface area (Å²) in [5.74, 6) is 0. The van der Waals surface area contributed by atoms with Gasteiger partial charge in [0, 0.05) is 0 Å². The minimum absolute atomic E-state index is 0.164. The van der Waals surface area contributed by atoms with Crippen molar-refractivity contribution in [1.29, 1.82) is 0 Å². The zero-order valence-electron chi connectivity index (χ0n) is 23.8. The van der Waals surface area contributed by atoms with Gasteiger partial charge in [-0.25, -0.2) is 0 Å². The van der Waals surface area contributed by atoms with E-state index in [9.17, 15) is 0 Å². The van der Waals surface area contributed by atoms with E-state index in [0.29, 0.717) is 0 Å². The monoisotopic (exact) mass is 508 g/mol. The molecule has 0 aromatic carbocycles. The van der Waals surface area contributed by atoms with E-state index in [4.69, 9.17) is 13.3 Å². The van der Waals surface area contributed by atoms with Crippen molar-refractivity contribution in [3.63, 3.8) is 0 Å². The third kappa shape index (κ3) is 15.3. The topological polar surface area (TPSA) is 36.9 Å². The van der Waals surface area contributed by atoms with Gasteiger partial charge in [-0.2, -0.15) is 0 Å². The summed E-state index contributed by atoms with van der Waals surface area (Å²) >= 11 is -4.02. The van der Waals surface area contributed by atoms with E-state index in [1.165, 1.54) is 0 Å². The Balaban J connectivity index is 6.26. The average Bonchev–Trinajstić information content (AvgIpc) is 2.75. The molecule has 0 spiro atoms. The molecular formula is C28H60O4Ti. The average molecular weight is 509 g/mol. The van der Waals surface area contributed by atoms with E-state index < -0.39 is 18.1 Å². The van der Waals surface area contributed by atoms with Crippen LogP contribution >= 0.6 is 0 Å². The van der Waals surface area contributed by atoms with Gasteiger partial charge >= 0.3 is 214 Å². The third-order valence-corrected chi connectivity index (χ3v) is 10.0. The molecule has 0 aromatic heterocycles. The van der Waals surface area contributed by atoms with Crippen molar-refractivity contribution in [3.05, 3.63) is 0 Å². The zero-order valence-corrected chi connectivity index (χ0v) is 25.3. The first-order valence-corrected chi connectivity index (χ1v) is 17.2. The van der Waals surface area contributed by atoms with Crippen LogP contribution in [0.2, 0.25) is 0 Å². The van der Waals surface area contributed by atoms with Crippen LogP contribution in [-0.4, -0.2) is 24.4 Å². The molecule has 0 bridgehead atoms. The van der Waals surface area contributed by atoms with Gasteiger partial charge in [-0.3, -0.25) is 0 Å². The quantitative estimate of drug-likeness (QED) is 0.122. The summed E-state index contributed by atoms with van der Waals surface area (Å²) < 4.78 is 28.0. The first kappa shape index (κ1) is 33.6. The summed E-state index contributed by atoms with van der Waals surface area (Å²) in [6.45, 7) is 18.0. The fourth-order valence-corrected chi connectivity index (χ4v) is 9.15. The van der Waals surface area contributed by atoms with Crippen LogP contribution in [0.15, 0.2) is 0 Å². The molecule has 0 aliphatic heterocycles. The standard InChI is InChI=1S/4C7H15O.Ti/c4*1-3-5-7(8)6-4-2;/h4*7H,3-6H2,1-2H3;/q4*-1;+4. The molecule has 0 aliphatic carbocycles. The van der Waals surface area contributed by atoms with Gasteiger partial charge in [-0.05, 0) is 0 Å². The van der Waals surface area contributed by atoms with E-state index >= 15 is 0 Å². The number of rotatable bonds is 24. The van der Waals surface area contributed by atoms with Crippen molar-refractivity contribution in [2.24, 2.45) is 0 Å². The molecule has 0 heterocycles. The van der Waals surface area contributed by atoms with E-state index in [-0.39, 0.29) is 24.4 Å². The maximum atomic E-state index is 7.01. The maximum absolute atomic E-state index is 7.01. The molecule has 0 rings (SSSR count). The molecule has 0 aromatic rings. The molecule has 0 N–H and O–H groups in total. The Bertz CT molecular complexity index is 319. The van der Waals surface area contributed by atoms with Crippen molar-refractivity contribution in [2.45, 2.75) is 183 Å². The Labute approximate surface area is 213 Å². The molecule has 4 nitrogen and oxygen atoms in total. The summed E-state index contributed by atoms with van der Waals surface area (Å²) in [4.78, 5) is 0. The molecule has 0 saturated carbocycles. The molecule has 33 heavy (non-hydrogen) atoms. The van der Waals surface area contributed by atoms with Gasteiger partial charge in [0.2, 0.25) is 0 Å². The Morgan fingerprint density at radius 2 is 0.485 bits per heavy atom. The van der Waals surface area contributed by atoms with Crippen LogP contribution in [0.4, 0.5) is 0 Å². The molecule has 0 amide bonds. The van der Waals surface area contributed by atoms with Crippen LogP contribution in [-0.2, 0) is 31.4 Å². The summed E-state index contributed by atoms with van der Waals surface area (Å²) in [7, 11) is 0. The molecule has 0 aliphatic rings. The van der Waals surface area contributed by atoms with Crippen molar-refractivity contribution < 1.29 is 31.4 Å². The van der Waals surface area contributed by atoms with Crippen LogP contribution in [0.1, 0.15) is 158 Å². The second-order valence-electron chi connectivity index (χ2n) is 9.77. The number of hydrogen-bond acceptors (Lipinski definition) is 4. The van der Waals surface area contributed by atoms with Crippen LogP contribution < -0.4 is 0 Å². The molecule has 0 unspecified atom stereocenters. The molecule has 5 heteroatoms. The molecular weight excluding hydrogens is 448 g/mol. The second-order valence-corrected chi connectivity index (χ2v) is 12.8. The minimum atomic E-state index is -4.02. The van der Waals surface area contributed by atoms with Crippen LogP contribution in [0, 0.1) is 0 Å². The molecule has 200 valence electrons. The normalized spacial score (nSPS) is 12.7. The SMILES string of the molecule is CCCC(CCC)[O][Ti]([O]C(CCC)CCC)([O]C(CCC)CCC)[O]C(CCC)CCC. The predicted octanol–water partition coefficient (Wildman–Crippen LogP) is 9.74. The van der Waals surface area contributed by atoms with Crippen molar-refractivity contribution >= 4 is 0 Å². The first-order chi connectivity index (χ1) is 16.0. The van der Waals surface area contributed by atoms with E-state index in [0.717, 1.165) is 103 Å². The molecule has 0 radical (unpaired) electrons. The van der Waals surface area contributed by atoms with Crippen LogP contribution in [0.3, 0.4) is 0 Å². The van der Waals surface area contributed by atoms with Gasteiger partial charge in [-0.1, -0.05) is 0 Å². The Kier molecular flexibility index (Phi) is 22.2. The van der Waals surface area contributed by atoms with Crippen molar-refractivity contribution in [2.75, 3.05) is 0 Å². The van der Waals surface area contributed by atoms with E-state index in [2.05, 4.69) is 55.4 Å². The summed E-state index contributed by atoms with van der Waals surface area (Å²) in [6.07, 6.45) is 17.9. The summed E-state index contributed by atoms with van der Waals surface area (Å²) in [5.41, 5.74) is 0. The summed E-state index contributed by atoms with van der Waals surface area (Å²) in [5, 5.41) is 0. The first-order valence-electron chi connectivity index (χ1n) is 14.7. The van der Waals surface area contributed by atoms with Gasteiger partial charge in [0.1, 0.15) is 0 Å². The molecule has 0 saturated heterocycles. The Morgan fingerprint density at radius 3 is 0.606 bits per heavy atom. The van der Waals surface area contributed by atoms with Crippen LogP contribution in [0.25, 0.3) is 0 Å². The van der Waals surface area contributed by atoms with Crippen molar-refractivity contribution in [1.82, 2.24) is 0 Å². The Morgan fingerprint density at radius 1 is 0.333 bits per heavy atom. The van der Waals surface area contributed by atoms with Gasteiger partial charge in [0.15, 0.2) is 0 Å².